The molecule has 0 N–H and O–H groups in total. The van der Waals surface area contributed by atoms with Crippen molar-refractivity contribution in [3.63, 3.8) is 0 Å². The van der Waals surface area contributed by atoms with Gasteiger partial charge in [-0.15, -0.1) is 0 Å². The Morgan fingerprint density at radius 1 is 1.48 bits per heavy atom. The van der Waals surface area contributed by atoms with Gasteiger partial charge in [0.15, 0.2) is 0 Å². The van der Waals surface area contributed by atoms with Crippen molar-refractivity contribution in [2.24, 2.45) is 0 Å². The Hall–Kier alpha value is -0.940. The van der Waals surface area contributed by atoms with Gasteiger partial charge in [0.05, 0.1) is 4.47 Å². The summed E-state index contributed by atoms with van der Waals surface area (Å²) in [6.07, 6.45) is 1.80. The van der Waals surface area contributed by atoms with Gasteiger partial charge in [-0.05, 0) is 73.8 Å². The predicted molar refractivity (Wildman–Crippen MR) is 83.4 cm³/mol. The van der Waals surface area contributed by atoms with Gasteiger partial charge in [0.25, 0.3) is 0 Å². The molecule has 3 nitrogen and oxygen atoms in total. The van der Waals surface area contributed by atoms with Crippen LogP contribution >= 0.6 is 15.9 Å². The second kappa shape index (κ2) is 6.44. The number of esters is 1. The number of hydrogen-bond donors (Lipinski definition) is 0. The number of halogens is 2. The first-order valence-electron chi connectivity index (χ1n) is 7.17. The molecule has 1 aliphatic rings. The molecule has 1 fully saturated rings. The standard InChI is InChI=1S/C16H21BrFNO2/c1-16(2,3)21-15(20)14-5-4-8-19(14)10-11-6-7-13(18)12(17)9-11/h6-7,9,14H,4-5,8,10H2,1-3H3/t14-/m1/s1. The zero-order chi connectivity index (χ0) is 15.6. The van der Waals surface area contributed by atoms with E-state index in [0.717, 1.165) is 24.9 Å². The zero-order valence-electron chi connectivity index (χ0n) is 12.7. The molecule has 0 aromatic heterocycles. The van der Waals surface area contributed by atoms with Crippen LogP contribution in [0.15, 0.2) is 22.7 Å². The summed E-state index contributed by atoms with van der Waals surface area (Å²) in [6, 6.07) is 4.76. The van der Waals surface area contributed by atoms with Crippen molar-refractivity contribution in [2.75, 3.05) is 6.54 Å². The second-order valence-electron chi connectivity index (χ2n) is 6.41. The molecular weight excluding hydrogens is 337 g/mol. The average Bonchev–Trinajstić information content (AvgIpc) is 2.80. The number of benzene rings is 1. The minimum atomic E-state index is -0.468. The fourth-order valence-corrected chi connectivity index (χ4v) is 2.95. The molecule has 0 unspecified atom stereocenters. The number of carbonyl (C=O) groups is 1. The van der Waals surface area contributed by atoms with Crippen molar-refractivity contribution in [2.45, 2.75) is 51.8 Å². The highest BCUT2D eigenvalue weighted by Gasteiger charge is 2.33. The number of hydrogen-bond acceptors (Lipinski definition) is 3. The lowest BCUT2D eigenvalue weighted by molar-refractivity contribution is -0.160. The Kier molecular flexibility index (Phi) is 5.04. The molecule has 2 rings (SSSR count). The van der Waals surface area contributed by atoms with Crippen LogP contribution < -0.4 is 0 Å². The maximum absolute atomic E-state index is 13.3. The normalized spacial score (nSPS) is 19.8. The lowest BCUT2D eigenvalue weighted by atomic mass is 10.1. The Morgan fingerprint density at radius 3 is 2.81 bits per heavy atom. The monoisotopic (exact) mass is 357 g/mol. The van der Waals surface area contributed by atoms with E-state index in [1.165, 1.54) is 6.07 Å². The first-order chi connectivity index (χ1) is 9.76. The summed E-state index contributed by atoms with van der Waals surface area (Å²) in [4.78, 5) is 14.4. The molecule has 5 heteroatoms. The molecule has 0 spiro atoms. The third-order valence-corrected chi connectivity index (χ3v) is 4.02. The fourth-order valence-electron chi connectivity index (χ4n) is 2.52. The van der Waals surface area contributed by atoms with Gasteiger partial charge in [0, 0.05) is 6.54 Å². The van der Waals surface area contributed by atoms with E-state index in [2.05, 4.69) is 20.8 Å². The van der Waals surface area contributed by atoms with E-state index in [9.17, 15) is 9.18 Å². The summed E-state index contributed by atoms with van der Waals surface area (Å²) in [5.41, 5.74) is 0.517. The minimum Gasteiger partial charge on any atom is -0.459 e. The van der Waals surface area contributed by atoms with E-state index in [-0.39, 0.29) is 17.8 Å². The van der Waals surface area contributed by atoms with Crippen LogP contribution in [0.5, 0.6) is 0 Å². The highest BCUT2D eigenvalue weighted by atomic mass is 79.9. The van der Waals surface area contributed by atoms with Gasteiger partial charge in [-0.3, -0.25) is 9.69 Å². The maximum atomic E-state index is 13.3. The van der Waals surface area contributed by atoms with Crippen LogP contribution in [0, 0.1) is 5.82 Å². The van der Waals surface area contributed by atoms with Gasteiger partial charge in [-0.25, -0.2) is 4.39 Å². The fraction of sp³-hybridized carbons (Fsp3) is 0.562. The minimum absolute atomic E-state index is 0.166. The first kappa shape index (κ1) is 16.4. The van der Waals surface area contributed by atoms with Crippen LogP contribution in [0.4, 0.5) is 4.39 Å². The second-order valence-corrected chi connectivity index (χ2v) is 7.26. The summed E-state index contributed by atoms with van der Waals surface area (Å²) in [6.45, 7) is 7.12. The molecule has 116 valence electrons. The molecule has 0 aliphatic carbocycles. The lowest BCUT2D eigenvalue weighted by Crippen LogP contribution is -2.40. The molecule has 1 atom stereocenters. The van der Waals surface area contributed by atoms with Gasteiger partial charge < -0.3 is 4.74 Å². The van der Waals surface area contributed by atoms with Crippen LogP contribution in [0.1, 0.15) is 39.2 Å². The summed E-state index contributed by atoms with van der Waals surface area (Å²) in [5.74, 6) is -0.440. The Bertz CT molecular complexity index is 527. The van der Waals surface area contributed by atoms with Crippen molar-refractivity contribution in [1.29, 1.82) is 0 Å². The molecule has 0 radical (unpaired) electrons. The van der Waals surface area contributed by atoms with Crippen LogP contribution in [0.25, 0.3) is 0 Å². The largest absolute Gasteiger partial charge is 0.459 e. The maximum Gasteiger partial charge on any atom is 0.323 e. The molecule has 1 saturated heterocycles. The molecule has 1 aliphatic heterocycles. The third-order valence-electron chi connectivity index (χ3n) is 3.41. The number of rotatable bonds is 3. The number of carbonyl (C=O) groups excluding carboxylic acids is 1. The van der Waals surface area contributed by atoms with Crippen molar-refractivity contribution in [1.82, 2.24) is 4.90 Å². The molecule has 1 aromatic rings. The molecule has 0 amide bonds. The highest BCUT2D eigenvalue weighted by molar-refractivity contribution is 9.10. The smallest absolute Gasteiger partial charge is 0.323 e. The molecular formula is C16H21BrFNO2. The van der Waals surface area contributed by atoms with Crippen LogP contribution in [-0.2, 0) is 16.1 Å². The van der Waals surface area contributed by atoms with E-state index >= 15 is 0 Å². The number of likely N-dealkylation sites (tertiary alicyclic amines) is 1. The molecule has 0 bridgehead atoms. The van der Waals surface area contributed by atoms with Gasteiger partial charge in [-0.2, -0.15) is 0 Å². The number of nitrogens with zero attached hydrogens (tertiary/aromatic N) is 1. The summed E-state index contributed by atoms with van der Waals surface area (Å²) < 4.78 is 19.2. The highest BCUT2D eigenvalue weighted by Crippen LogP contribution is 2.24. The van der Waals surface area contributed by atoms with E-state index < -0.39 is 5.60 Å². The Morgan fingerprint density at radius 2 is 2.19 bits per heavy atom. The topological polar surface area (TPSA) is 29.5 Å². The van der Waals surface area contributed by atoms with Gasteiger partial charge in [-0.1, -0.05) is 6.07 Å². The number of ether oxygens (including phenoxy) is 1. The van der Waals surface area contributed by atoms with Crippen LogP contribution in [-0.4, -0.2) is 29.1 Å². The van der Waals surface area contributed by atoms with Crippen LogP contribution in [0.3, 0.4) is 0 Å². The van der Waals surface area contributed by atoms with Gasteiger partial charge in [0.1, 0.15) is 17.5 Å². The van der Waals surface area contributed by atoms with Crippen molar-refractivity contribution in [3.05, 3.63) is 34.1 Å². The molecule has 21 heavy (non-hydrogen) atoms. The van der Waals surface area contributed by atoms with Crippen molar-refractivity contribution in [3.8, 4) is 0 Å². The van der Waals surface area contributed by atoms with Crippen LogP contribution in [0.2, 0.25) is 0 Å². The predicted octanol–water partition coefficient (Wildman–Crippen LogP) is 3.89. The summed E-state index contributed by atoms with van der Waals surface area (Å²) >= 11 is 3.19. The van der Waals surface area contributed by atoms with E-state index in [1.807, 2.05) is 20.8 Å². The molecule has 1 aromatic carbocycles. The average molecular weight is 358 g/mol. The van der Waals surface area contributed by atoms with Gasteiger partial charge in [0.2, 0.25) is 0 Å². The Labute approximate surface area is 133 Å². The van der Waals surface area contributed by atoms with E-state index in [1.54, 1.807) is 12.1 Å². The van der Waals surface area contributed by atoms with E-state index in [4.69, 9.17) is 4.74 Å². The summed E-state index contributed by atoms with van der Waals surface area (Å²) in [7, 11) is 0. The molecule has 0 saturated carbocycles. The zero-order valence-corrected chi connectivity index (χ0v) is 14.2. The van der Waals surface area contributed by atoms with Crippen molar-refractivity contribution < 1.29 is 13.9 Å². The van der Waals surface area contributed by atoms with Crippen molar-refractivity contribution >= 4 is 21.9 Å². The van der Waals surface area contributed by atoms with Gasteiger partial charge >= 0.3 is 5.97 Å². The first-order valence-corrected chi connectivity index (χ1v) is 7.96. The quantitative estimate of drug-likeness (QED) is 0.768. The molecule has 1 heterocycles. The Balaban J connectivity index is 2.05. The summed E-state index contributed by atoms with van der Waals surface area (Å²) in [5, 5.41) is 0. The SMILES string of the molecule is CC(C)(C)OC(=O)[C@H]1CCCN1Cc1ccc(F)c(Br)c1. The third kappa shape index (κ3) is 4.51. The lowest BCUT2D eigenvalue weighted by Gasteiger charge is -2.27. The van der Waals surface area contributed by atoms with E-state index in [0.29, 0.717) is 11.0 Å².